The van der Waals surface area contributed by atoms with E-state index in [-0.39, 0.29) is 17.7 Å². The van der Waals surface area contributed by atoms with Gasteiger partial charge in [-0.15, -0.1) is 0 Å². The van der Waals surface area contributed by atoms with Gasteiger partial charge in [0.25, 0.3) is 0 Å². The summed E-state index contributed by atoms with van der Waals surface area (Å²) in [5, 5.41) is 0. The summed E-state index contributed by atoms with van der Waals surface area (Å²) < 4.78 is 69.0. The van der Waals surface area contributed by atoms with E-state index in [1.807, 2.05) is 6.92 Å². The van der Waals surface area contributed by atoms with Gasteiger partial charge in [0.05, 0.1) is 6.61 Å². The number of halogens is 5. The van der Waals surface area contributed by atoms with Crippen molar-refractivity contribution in [2.45, 2.75) is 26.1 Å². The first kappa shape index (κ1) is 19.1. The zero-order valence-electron chi connectivity index (χ0n) is 13.5. The van der Waals surface area contributed by atoms with Crippen LogP contribution in [0.4, 0.5) is 22.0 Å². The molecule has 6 heteroatoms. The topological polar surface area (TPSA) is 9.23 Å². The Balaban J connectivity index is 2.09. The number of benzene rings is 2. The third-order valence-corrected chi connectivity index (χ3v) is 3.55. The molecule has 0 saturated carbocycles. The summed E-state index contributed by atoms with van der Waals surface area (Å²) in [5.74, 6) is -2.00. The van der Waals surface area contributed by atoms with Crippen LogP contribution in [0.3, 0.4) is 0 Å². The van der Waals surface area contributed by atoms with E-state index in [2.05, 4.69) is 4.74 Å². The predicted molar refractivity (Wildman–Crippen MR) is 87.0 cm³/mol. The van der Waals surface area contributed by atoms with Gasteiger partial charge in [-0.05, 0) is 17.5 Å². The lowest BCUT2D eigenvalue weighted by Crippen LogP contribution is -2.16. The van der Waals surface area contributed by atoms with Gasteiger partial charge >= 0.3 is 6.18 Å². The molecule has 0 saturated heterocycles. The first-order valence-electron chi connectivity index (χ1n) is 7.68. The van der Waals surface area contributed by atoms with Crippen LogP contribution in [0.15, 0.2) is 48.5 Å². The summed E-state index contributed by atoms with van der Waals surface area (Å²) in [7, 11) is 0. The molecule has 0 fully saturated rings. The fourth-order valence-electron chi connectivity index (χ4n) is 2.17. The molecular formula is C19H17F5O. The molecule has 2 aromatic carbocycles. The van der Waals surface area contributed by atoms with Crippen LogP contribution in [0.1, 0.15) is 29.2 Å². The number of ether oxygens (including phenoxy) is 1. The van der Waals surface area contributed by atoms with Crippen molar-refractivity contribution < 1.29 is 26.7 Å². The van der Waals surface area contributed by atoms with Crippen LogP contribution in [0.5, 0.6) is 0 Å². The van der Waals surface area contributed by atoms with Crippen molar-refractivity contribution in [2.24, 2.45) is 0 Å². The van der Waals surface area contributed by atoms with Crippen LogP contribution in [0.2, 0.25) is 0 Å². The molecule has 25 heavy (non-hydrogen) atoms. The fourth-order valence-corrected chi connectivity index (χ4v) is 2.17. The van der Waals surface area contributed by atoms with Gasteiger partial charge in [-0.2, -0.15) is 13.2 Å². The number of aryl methyl sites for hydroxylation is 1. The molecule has 0 aliphatic heterocycles. The third-order valence-electron chi connectivity index (χ3n) is 3.55. The Labute approximate surface area is 142 Å². The molecule has 0 aromatic heterocycles. The highest BCUT2D eigenvalue weighted by molar-refractivity contribution is 5.83. The first-order chi connectivity index (χ1) is 11.8. The lowest BCUT2D eigenvalue weighted by molar-refractivity contribution is -0.176. The number of rotatable bonds is 6. The standard InChI is InChI=1S/C19H17F5O/c1-2-13-3-7-15(8-4-13)17(20)18(21)16-9-5-14(6-10-16)11-25-12-19(22,23)24/h3-10H,2,11-12H2,1H3/b18-17-. The quantitative estimate of drug-likeness (QED) is 0.449. The van der Waals surface area contributed by atoms with Crippen molar-refractivity contribution >= 4 is 11.7 Å². The van der Waals surface area contributed by atoms with Crippen LogP contribution < -0.4 is 0 Å². The van der Waals surface area contributed by atoms with Gasteiger partial charge in [0.1, 0.15) is 6.61 Å². The number of hydrogen-bond donors (Lipinski definition) is 0. The van der Waals surface area contributed by atoms with Crippen molar-refractivity contribution in [3.05, 3.63) is 70.8 Å². The van der Waals surface area contributed by atoms with Gasteiger partial charge in [-0.1, -0.05) is 55.5 Å². The Morgan fingerprint density at radius 3 is 1.64 bits per heavy atom. The number of alkyl halides is 3. The predicted octanol–water partition coefficient (Wildman–Crippen LogP) is 6.09. The Morgan fingerprint density at radius 1 is 0.800 bits per heavy atom. The zero-order valence-corrected chi connectivity index (χ0v) is 13.5. The van der Waals surface area contributed by atoms with Crippen LogP contribution >= 0.6 is 0 Å². The number of hydrogen-bond acceptors (Lipinski definition) is 1. The average Bonchev–Trinajstić information content (AvgIpc) is 2.60. The normalized spacial score (nSPS) is 12.9. The molecule has 0 aliphatic carbocycles. The van der Waals surface area contributed by atoms with Crippen molar-refractivity contribution in [3.63, 3.8) is 0 Å². The van der Waals surface area contributed by atoms with E-state index in [9.17, 15) is 22.0 Å². The molecule has 2 rings (SSSR count). The summed E-state index contributed by atoms with van der Waals surface area (Å²) in [6.45, 7) is 0.346. The van der Waals surface area contributed by atoms with Gasteiger partial charge in [-0.3, -0.25) is 0 Å². The van der Waals surface area contributed by atoms with Crippen molar-refractivity contribution in [1.82, 2.24) is 0 Å². The average molecular weight is 356 g/mol. The summed E-state index contributed by atoms with van der Waals surface area (Å²) >= 11 is 0. The van der Waals surface area contributed by atoms with Crippen LogP contribution in [-0.4, -0.2) is 12.8 Å². The lowest BCUT2D eigenvalue weighted by Gasteiger charge is -2.08. The second kappa shape index (κ2) is 8.25. The Bertz CT molecular complexity index is 715. The molecule has 0 heterocycles. The van der Waals surface area contributed by atoms with Crippen LogP contribution in [-0.2, 0) is 17.8 Å². The van der Waals surface area contributed by atoms with E-state index in [1.165, 1.54) is 36.4 Å². The van der Waals surface area contributed by atoms with Crippen LogP contribution in [0.25, 0.3) is 11.7 Å². The molecular weight excluding hydrogens is 339 g/mol. The van der Waals surface area contributed by atoms with Gasteiger partial charge in [0.15, 0.2) is 11.7 Å². The SMILES string of the molecule is CCc1ccc(/C(F)=C(/F)c2ccc(COCC(F)(F)F)cc2)cc1. The van der Waals surface area contributed by atoms with Gasteiger partial charge in [-0.25, -0.2) is 8.78 Å². The van der Waals surface area contributed by atoms with Gasteiger partial charge in [0, 0.05) is 11.1 Å². The van der Waals surface area contributed by atoms with E-state index >= 15 is 0 Å². The third kappa shape index (κ3) is 5.67. The zero-order chi connectivity index (χ0) is 18.4. The molecule has 0 bridgehead atoms. The largest absolute Gasteiger partial charge is 0.411 e. The fraction of sp³-hybridized carbons (Fsp3) is 0.263. The molecule has 0 amide bonds. The summed E-state index contributed by atoms with van der Waals surface area (Å²) in [4.78, 5) is 0. The van der Waals surface area contributed by atoms with E-state index in [0.717, 1.165) is 12.0 Å². The monoisotopic (exact) mass is 356 g/mol. The van der Waals surface area contributed by atoms with Crippen molar-refractivity contribution in [2.75, 3.05) is 6.61 Å². The van der Waals surface area contributed by atoms with Gasteiger partial charge in [0.2, 0.25) is 0 Å². The van der Waals surface area contributed by atoms with Crippen molar-refractivity contribution in [1.29, 1.82) is 0 Å². The molecule has 2 aromatic rings. The minimum absolute atomic E-state index is 0.0108. The maximum Gasteiger partial charge on any atom is 0.411 e. The Hall–Kier alpha value is -2.21. The Morgan fingerprint density at radius 2 is 1.24 bits per heavy atom. The van der Waals surface area contributed by atoms with Gasteiger partial charge < -0.3 is 4.74 Å². The lowest BCUT2D eigenvalue weighted by atomic mass is 10.1. The van der Waals surface area contributed by atoms with E-state index in [1.54, 1.807) is 12.1 Å². The highest BCUT2D eigenvalue weighted by Gasteiger charge is 2.27. The maximum atomic E-state index is 14.3. The smallest absolute Gasteiger partial charge is 0.367 e. The van der Waals surface area contributed by atoms with E-state index < -0.39 is 24.4 Å². The molecule has 0 atom stereocenters. The first-order valence-corrected chi connectivity index (χ1v) is 7.68. The molecule has 0 radical (unpaired) electrons. The van der Waals surface area contributed by atoms with E-state index in [0.29, 0.717) is 5.56 Å². The molecule has 0 aliphatic rings. The maximum absolute atomic E-state index is 14.3. The molecule has 0 unspecified atom stereocenters. The van der Waals surface area contributed by atoms with Crippen LogP contribution in [0, 0.1) is 0 Å². The minimum Gasteiger partial charge on any atom is -0.367 e. The Kier molecular flexibility index (Phi) is 6.31. The minimum atomic E-state index is -4.40. The summed E-state index contributed by atoms with van der Waals surface area (Å²) in [6.07, 6.45) is -3.60. The summed E-state index contributed by atoms with van der Waals surface area (Å²) in [5.41, 5.74) is 1.60. The highest BCUT2D eigenvalue weighted by Crippen LogP contribution is 2.29. The van der Waals surface area contributed by atoms with Crippen molar-refractivity contribution in [3.8, 4) is 0 Å². The second-order valence-electron chi connectivity index (χ2n) is 5.48. The molecule has 1 nitrogen and oxygen atoms in total. The highest BCUT2D eigenvalue weighted by atomic mass is 19.4. The second-order valence-corrected chi connectivity index (χ2v) is 5.48. The molecule has 0 N–H and O–H groups in total. The molecule has 134 valence electrons. The molecule has 0 spiro atoms. The van der Waals surface area contributed by atoms with E-state index in [4.69, 9.17) is 0 Å². The summed E-state index contributed by atoms with van der Waals surface area (Å²) in [6, 6.07) is 11.9.